The molecule has 0 radical (unpaired) electrons. The molecule has 0 aliphatic carbocycles. The number of nitrogens with zero attached hydrogens (tertiary/aromatic N) is 2. The minimum Gasteiger partial charge on any atom is -0.489 e. The van der Waals surface area contributed by atoms with E-state index in [-0.39, 0.29) is 5.91 Å². The van der Waals surface area contributed by atoms with E-state index in [2.05, 4.69) is 15.3 Å². The van der Waals surface area contributed by atoms with Gasteiger partial charge in [0.15, 0.2) is 5.13 Å². The van der Waals surface area contributed by atoms with E-state index in [0.29, 0.717) is 17.3 Å². The summed E-state index contributed by atoms with van der Waals surface area (Å²) in [6.45, 7) is 0.310. The number of aromatic nitrogens is 2. The molecular weight excluding hydrogens is 370 g/mol. The zero-order valence-electron chi connectivity index (χ0n) is 14.9. The van der Waals surface area contributed by atoms with Crippen molar-refractivity contribution in [1.82, 2.24) is 9.97 Å². The van der Waals surface area contributed by atoms with Crippen molar-refractivity contribution in [2.24, 2.45) is 0 Å². The average Bonchev–Trinajstić information content (AvgIpc) is 3.22. The summed E-state index contributed by atoms with van der Waals surface area (Å²) < 4.78 is 5.79. The van der Waals surface area contributed by atoms with E-state index < -0.39 is 0 Å². The lowest BCUT2D eigenvalue weighted by atomic mass is 10.1. The Morgan fingerprint density at radius 3 is 2.54 bits per heavy atom. The Hall–Kier alpha value is -3.51. The predicted molar refractivity (Wildman–Crippen MR) is 111 cm³/mol. The second-order valence-electron chi connectivity index (χ2n) is 5.97. The number of benzene rings is 2. The molecule has 1 amide bonds. The molecule has 138 valence electrons. The van der Waals surface area contributed by atoms with Gasteiger partial charge in [0.2, 0.25) is 0 Å². The average molecular weight is 387 g/mol. The van der Waals surface area contributed by atoms with Gasteiger partial charge >= 0.3 is 0 Å². The highest BCUT2D eigenvalue weighted by molar-refractivity contribution is 7.14. The molecule has 0 unspecified atom stereocenters. The number of thiazole rings is 1. The van der Waals surface area contributed by atoms with Crippen LogP contribution in [0.15, 0.2) is 84.4 Å². The van der Waals surface area contributed by atoms with E-state index in [1.807, 2.05) is 72.1 Å². The molecule has 0 bridgehead atoms. The summed E-state index contributed by atoms with van der Waals surface area (Å²) in [6, 6.07) is 22.6. The number of pyridine rings is 1. The number of anilines is 1. The number of carbonyl (C=O) groups is 1. The number of hydrogen-bond donors (Lipinski definition) is 1. The normalized spacial score (nSPS) is 10.4. The third-order valence-electron chi connectivity index (χ3n) is 4.05. The van der Waals surface area contributed by atoms with Gasteiger partial charge in [-0.05, 0) is 30.3 Å². The first-order valence-corrected chi connectivity index (χ1v) is 9.61. The second kappa shape index (κ2) is 8.45. The lowest BCUT2D eigenvalue weighted by molar-refractivity contribution is 0.102. The minimum absolute atomic E-state index is 0.214. The van der Waals surface area contributed by atoms with Gasteiger partial charge in [-0.2, -0.15) is 0 Å². The van der Waals surface area contributed by atoms with Gasteiger partial charge in [-0.25, -0.2) is 4.98 Å². The first kappa shape index (κ1) is 17.9. The van der Waals surface area contributed by atoms with Crippen molar-refractivity contribution in [3.8, 4) is 17.1 Å². The van der Waals surface area contributed by atoms with Crippen molar-refractivity contribution in [2.45, 2.75) is 6.61 Å². The number of para-hydroxylation sites is 1. The summed E-state index contributed by atoms with van der Waals surface area (Å²) in [5, 5.41) is 5.28. The molecule has 6 heteroatoms. The van der Waals surface area contributed by atoms with Gasteiger partial charge in [0.05, 0.1) is 5.69 Å². The molecule has 4 aromatic rings. The van der Waals surface area contributed by atoms with Gasteiger partial charge in [0.1, 0.15) is 18.1 Å². The summed E-state index contributed by atoms with van der Waals surface area (Å²) in [7, 11) is 0. The first-order valence-electron chi connectivity index (χ1n) is 8.73. The largest absolute Gasteiger partial charge is 0.489 e. The van der Waals surface area contributed by atoms with Crippen molar-refractivity contribution < 1.29 is 9.53 Å². The summed E-state index contributed by atoms with van der Waals surface area (Å²) in [6.07, 6.45) is 1.72. The molecule has 0 saturated heterocycles. The van der Waals surface area contributed by atoms with Crippen LogP contribution in [0.2, 0.25) is 0 Å². The van der Waals surface area contributed by atoms with E-state index in [0.717, 1.165) is 22.7 Å². The molecular formula is C22H17N3O2S. The maximum absolute atomic E-state index is 12.8. The molecule has 4 rings (SSSR count). The molecule has 2 aromatic heterocycles. The third kappa shape index (κ3) is 4.24. The number of amides is 1. The van der Waals surface area contributed by atoms with Gasteiger partial charge < -0.3 is 4.74 Å². The molecule has 0 spiro atoms. The molecule has 1 N–H and O–H groups in total. The third-order valence-corrected chi connectivity index (χ3v) is 4.81. The maximum Gasteiger partial charge on any atom is 0.257 e. The van der Waals surface area contributed by atoms with E-state index >= 15 is 0 Å². The molecule has 0 aliphatic rings. The quantitative estimate of drug-likeness (QED) is 0.504. The van der Waals surface area contributed by atoms with Crippen LogP contribution in [0, 0.1) is 0 Å². The van der Waals surface area contributed by atoms with Crippen molar-refractivity contribution in [1.29, 1.82) is 0 Å². The Balaban J connectivity index is 1.47. The van der Waals surface area contributed by atoms with Crippen LogP contribution in [-0.4, -0.2) is 15.9 Å². The van der Waals surface area contributed by atoms with Crippen LogP contribution in [0.25, 0.3) is 11.4 Å². The van der Waals surface area contributed by atoms with Gasteiger partial charge in [0, 0.05) is 22.7 Å². The Labute approximate surface area is 166 Å². The number of rotatable bonds is 6. The number of carbonyl (C=O) groups excluding carboxylic acids is 1. The van der Waals surface area contributed by atoms with E-state index in [1.54, 1.807) is 12.3 Å². The summed E-state index contributed by atoms with van der Waals surface area (Å²) in [4.78, 5) is 21.5. The van der Waals surface area contributed by atoms with Gasteiger partial charge in [-0.15, -0.1) is 11.3 Å². The highest BCUT2D eigenvalue weighted by Gasteiger charge is 2.14. The summed E-state index contributed by atoms with van der Waals surface area (Å²) in [5.74, 6) is 0.548. The van der Waals surface area contributed by atoms with E-state index in [1.165, 1.54) is 11.3 Å². The van der Waals surface area contributed by atoms with Crippen molar-refractivity contribution in [3.63, 3.8) is 0 Å². The highest BCUT2D eigenvalue weighted by Crippen LogP contribution is 2.24. The molecule has 0 atom stereocenters. The molecule has 0 fully saturated rings. The monoisotopic (exact) mass is 387 g/mol. The number of hydrogen-bond acceptors (Lipinski definition) is 5. The number of ether oxygens (including phenoxy) is 1. The number of nitrogens with one attached hydrogen (secondary N) is 1. The fourth-order valence-corrected chi connectivity index (χ4v) is 3.37. The van der Waals surface area contributed by atoms with Crippen LogP contribution in [0.5, 0.6) is 5.75 Å². The highest BCUT2D eigenvalue weighted by atomic mass is 32.1. The molecule has 0 saturated carbocycles. The van der Waals surface area contributed by atoms with Crippen LogP contribution < -0.4 is 10.1 Å². The summed E-state index contributed by atoms with van der Waals surface area (Å²) >= 11 is 1.37. The lowest BCUT2D eigenvalue weighted by Crippen LogP contribution is -2.15. The standard InChI is InChI=1S/C22H17N3O2S/c26-21(25-22-24-20(15-28-22)19-12-6-7-13-23-19)18-11-5-4-8-16(18)14-27-17-9-2-1-3-10-17/h1-13,15H,14H2,(H,24,25,26). The Morgan fingerprint density at radius 1 is 0.929 bits per heavy atom. The van der Waals surface area contributed by atoms with Gasteiger partial charge in [-0.3, -0.25) is 15.1 Å². The summed E-state index contributed by atoms with van der Waals surface area (Å²) in [5.41, 5.74) is 2.89. The van der Waals surface area contributed by atoms with Crippen LogP contribution >= 0.6 is 11.3 Å². The lowest BCUT2D eigenvalue weighted by Gasteiger charge is -2.10. The SMILES string of the molecule is O=C(Nc1nc(-c2ccccn2)cs1)c1ccccc1COc1ccccc1. The van der Waals surface area contributed by atoms with E-state index in [4.69, 9.17) is 4.74 Å². The Bertz CT molecular complexity index is 1070. The fourth-order valence-electron chi connectivity index (χ4n) is 2.67. The fraction of sp³-hybridized carbons (Fsp3) is 0.0455. The molecule has 2 aromatic carbocycles. The van der Waals surface area contributed by atoms with Gasteiger partial charge in [0.25, 0.3) is 5.91 Å². The maximum atomic E-state index is 12.8. The smallest absolute Gasteiger partial charge is 0.257 e. The van der Waals surface area contributed by atoms with Crippen molar-refractivity contribution >= 4 is 22.4 Å². The predicted octanol–water partition coefficient (Wildman–Crippen LogP) is 5.04. The van der Waals surface area contributed by atoms with Crippen molar-refractivity contribution in [3.05, 3.63) is 95.5 Å². The van der Waals surface area contributed by atoms with Crippen LogP contribution in [0.3, 0.4) is 0 Å². The zero-order chi connectivity index (χ0) is 19.2. The molecule has 5 nitrogen and oxygen atoms in total. The van der Waals surface area contributed by atoms with Crippen LogP contribution in [0.1, 0.15) is 15.9 Å². The Morgan fingerprint density at radius 2 is 1.71 bits per heavy atom. The zero-order valence-corrected chi connectivity index (χ0v) is 15.7. The van der Waals surface area contributed by atoms with Crippen LogP contribution in [0.4, 0.5) is 5.13 Å². The topological polar surface area (TPSA) is 64.1 Å². The molecule has 0 aliphatic heterocycles. The first-order chi connectivity index (χ1) is 13.8. The molecule has 28 heavy (non-hydrogen) atoms. The van der Waals surface area contributed by atoms with Crippen molar-refractivity contribution in [2.75, 3.05) is 5.32 Å². The minimum atomic E-state index is -0.214. The van der Waals surface area contributed by atoms with Gasteiger partial charge in [-0.1, -0.05) is 42.5 Å². The van der Waals surface area contributed by atoms with E-state index in [9.17, 15) is 4.79 Å². The Kier molecular flexibility index (Phi) is 5.40. The molecule has 2 heterocycles. The van der Waals surface area contributed by atoms with Crippen LogP contribution in [-0.2, 0) is 6.61 Å². The second-order valence-corrected chi connectivity index (χ2v) is 6.82.